The molecule has 0 aliphatic carbocycles. The summed E-state index contributed by atoms with van der Waals surface area (Å²) in [6, 6.07) is 17.7. The van der Waals surface area contributed by atoms with E-state index in [4.69, 9.17) is 4.74 Å². The van der Waals surface area contributed by atoms with E-state index in [2.05, 4.69) is 54.8 Å². The van der Waals surface area contributed by atoms with Crippen LogP contribution in [0.3, 0.4) is 0 Å². The first-order valence-electron chi connectivity index (χ1n) is 9.28. The molecular weight excluding hydrogens is 328 g/mol. The molecule has 3 nitrogen and oxygen atoms in total. The van der Waals surface area contributed by atoms with Crippen molar-refractivity contribution in [3.05, 3.63) is 59.7 Å². The second-order valence-corrected chi connectivity index (χ2v) is 7.66. The van der Waals surface area contributed by atoms with Gasteiger partial charge in [-0.3, -0.25) is 0 Å². The van der Waals surface area contributed by atoms with Crippen molar-refractivity contribution in [3.63, 3.8) is 0 Å². The zero-order valence-electron chi connectivity index (χ0n) is 15.4. The number of hydrogen-bond acceptors (Lipinski definition) is 2. The van der Waals surface area contributed by atoms with Crippen LogP contribution in [0.15, 0.2) is 53.4 Å². The highest BCUT2D eigenvalue weighted by Crippen LogP contribution is 2.14. The largest absolute Gasteiger partial charge is 0.494 e. The number of nitrogens with one attached hydrogen (secondary N) is 2. The van der Waals surface area contributed by atoms with Crippen LogP contribution in [0.5, 0.6) is 5.75 Å². The Morgan fingerprint density at radius 3 is 1.72 bits per heavy atom. The summed E-state index contributed by atoms with van der Waals surface area (Å²) in [5.74, 6) is 0.975. The normalized spacial score (nSPS) is 20.4. The lowest BCUT2D eigenvalue weighted by atomic mass is 10.1. The Hall–Kier alpha value is -1.49. The molecule has 1 fully saturated rings. The van der Waals surface area contributed by atoms with Gasteiger partial charge in [0.1, 0.15) is 45.0 Å². The van der Waals surface area contributed by atoms with Gasteiger partial charge in [0.15, 0.2) is 0 Å². The van der Waals surface area contributed by atoms with Crippen molar-refractivity contribution < 1.29 is 14.5 Å². The first-order valence-corrected chi connectivity index (χ1v) is 10.5. The van der Waals surface area contributed by atoms with Crippen LogP contribution in [0, 0.1) is 0 Å². The van der Waals surface area contributed by atoms with Crippen LogP contribution in [0.1, 0.15) is 18.1 Å². The number of rotatable bonds is 7. The fraction of sp³-hybridized carbons (Fsp3) is 0.429. The number of hydrogen-bond donors (Lipinski definition) is 2. The molecule has 0 aromatic heterocycles. The van der Waals surface area contributed by atoms with Crippen molar-refractivity contribution in [1.29, 1.82) is 0 Å². The second kappa shape index (κ2) is 9.27. The third-order valence-corrected chi connectivity index (χ3v) is 5.71. The van der Waals surface area contributed by atoms with Crippen LogP contribution in [0.25, 0.3) is 0 Å². The molecule has 0 bridgehead atoms. The zero-order chi connectivity index (χ0) is 17.5. The molecule has 0 spiro atoms. The lowest BCUT2D eigenvalue weighted by molar-refractivity contribution is -1.02. The number of quaternary nitrogens is 2. The Labute approximate surface area is 156 Å². The Bertz CT molecular complexity index is 634. The van der Waals surface area contributed by atoms with E-state index in [1.165, 1.54) is 42.2 Å². The highest BCUT2D eigenvalue weighted by Gasteiger charge is 2.23. The second-order valence-electron chi connectivity index (χ2n) is 6.78. The van der Waals surface area contributed by atoms with Crippen LogP contribution in [-0.4, -0.2) is 39.0 Å². The van der Waals surface area contributed by atoms with E-state index >= 15 is 0 Å². The summed E-state index contributed by atoms with van der Waals surface area (Å²) < 4.78 is 5.52. The van der Waals surface area contributed by atoms with E-state index in [-0.39, 0.29) is 0 Å². The number of piperazine rings is 1. The van der Waals surface area contributed by atoms with Gasteiger partial charge in [-0.25, -0.2) is 0 Å². The van der Waals surface area contributed by atoms with E-state index in [1.54, 1.807) is 9.80 Å². The van der Waals surface area contributed by atoms with Gasteiger partial charge < -0.3 is 14.5 Å². The summed E-state index contributed by atoms with van der Waals surface area (Å²) in [4.78, 5) is 4.77. The molecule has 0 amide bonds. The van der Waals surface area contributed by atoms with Crippen molar-refractivity contribution in [2.75, 3.05) is 39.0 Å². The smallest absolute Gasteiger partial charge is 0.127 e. The summed E-state index contributed by atoms with van der Waals surface area (Å²) >= 11 is 1.81. The van der Waals surface area contributed by atoms with Gasteiger partial charge in [-0.05, 0) is 49.6 Å². The average molecular weight is 359 g/mol. The molecule has 1 saturated heterocycles. The zero-order valence-corrected chi connectivity index (χ0v) is 16.2. The van der Waals surface area contributed by atoms with Gasteiger partial charge in [-0.1, -0.05) is 12.1 Å². The summed E-state index contributed by atoms with van der Waals surface area (Å²) in [6.07, 6.45) is 2.13. The van der Waals surface area contributed by atoms with E-state index in [9.17, 15) is 0 Å². The molecule has 1 aliphatic rings. The minimum atomic E-state index is 0.731. The Morgan fingerprint density at radius 1 is 0.800 bits per heavy atom. The van der Waals surface area contributed by atoms with Gasteiger partial charge in [0.05, 0.1) is 6.61 Å². The van der Waals surface area contributed by atoms with Crippen LogP contribution in [-0.2, 0) is 13.1 Å². The maximum absolute atomic E-state index is 5.52. The fourth-order valence-electron chi connectivity index (χ4n) is 3.50. The quantitative estimate of drug-likeness (QED) is 0.727. The highest BCUT2D eigenvalue weighted by molar-refractivity contribution is 7.98. The molecule has 1 heterocycles. The maximum Gasteiger partial charge on any atom is 0.127 e. The number of thioether (sulfide) groups is 1. The molecule has 1 aliphatic heterocycles. The Morgan fingerprint density at radius 2 is 1.28 bits per heavy atom. The lowest BCUT2D eigenvalue weighted by Gasteiger charge is -2.29. The summed E-state index contributed by atoms with van der Waals surface area (Å²) in [6.45, 7) is 10.1. The average Bonchev–Trinajstić information content (AvgIpc) is 2.66. The van der Waals surface area contributed by atoms with Crippen molar-refractivity contribution >= 4 is 11.8 Å². The van der Waals surface area contributed by atoms with Gasteiger partial charge >= 0.3 is 0 Å². The number of ether oxygens (including phenoxy) is 1. The van der Waals surface area contributed by atoms with Gasteiger partial charge in [0.2, 0.25) is 0 Å². The van der Waals surface area contributed by atoms with Gasteiger partial charge in [-0.2, -0.15) is 0 Å². The summed E-state index contributed by atoms with van der Waals surface area (Å²) in [5, 5.41) is 0. The molecular formula is C21H30N2OS+2. The molecule has 134 valence electrons. The van der Waals surface area contributed by atoms with Crippen molar-refractivity contribution in [3.8, 4) is 5.75 Å². The topological polar surface area (TPSA) is 18.1 Å². The van der Waals surface area contributed by atoms with Crippen LogP contribution < -0.4 is 14.5 Å². The molecule has 3 rings (SSSR count). The third-order valence-electron chi connectivity index (χ3n) is 4.97. The Kier molecular flexibility index (Phi) is 6.79. The predicted octanol–water partition coefficient (Wildman–Crippen LogP) is 1.29. The first-order chi connectivity index (χ1) is 12.3. The van der Waals surface area contributed by atoms with E-state index in [0.29, 0.717) is 0 Å². The molecule has 0 radical (unpaired) electrons. The van der Waals surface area contributed by atoms with Gasteiger partial charge in [0, 0.05) is 16.0 Å². The molecule has 0 unspecified atom stereocenters. The third kappa shape index (κ3) is 5.50. The molecule has 0 atom stereocenters. The lowest BCUT2D eigenvalue weighted by Crippen LogP contribution is -3.27. The molecule has 2 aromatic rings. The maximum atomic E-state index is 5.52. The molecule has 25 heavy (non-hydrogen) atoms. The highest BCUT2D eigenvalue weighted by atomic mass is 32.2. The first kappa shape index (κ1) is 18.3. The van der Waals surface area contributed by atoms with Crippen molar-refractivity contribution in [1.82, 2.24) is 0 Å². The van der Waals surface area contributed by atoms with Crippen molar-refractivity contribution in [2.24, 2.45) is 0 Å². The van der Waals surface area contributed by atoms with E-state index in [1.807, 2.05) is 18.7 Å². The monoisotopic (exact) mass is 358 g/mol. The Balaban J connectivity index is 1.44. The fourth-order valence-corrected chi connectivity index (χ4v) is 3.91. The SMILES string of the molecule is CCOc1ccc(C[NH+]2CC[NH+](Cc3ccc(SC)cc3)CC2)cc1. The molecule has 4 heteroatoms. The minimum Gasteiger partial charge on any atom is -0.494 e. The van der Waals surface area contributed by atoms with Crippen LogP contribution >= 0.6 is 11.8 Å². The molecule has 0 saturated carbocycles. The predicted molar refractivity (Wildman–Crippen MR) is 105 cm³/mol. The van der Waals surface area contributed by atoms with Gasteiger partial charge in [0.25, 0.3) is 0 Å². The molecule has 2 N–H and O–H groups in total. The number of benzene rings is 2. The summed E-state index contributed by atoms with van der Waals surface area (Å²) in [7, 11) is 0. The minimum absolute atomic E-state index is 0.731. The van der Waals surface area contributed by atoms with Crippen LogP contribution in [0.2, 0.25) is 0 Å². The van der Waals surface area contributed by atoms with E-state index in [0.717, 1.165) is 25.4 Å². The van der Waals surface area contributed by atoms with Crippen molar-refractivity contribution in [2.45, 2.75) is 24.9 Å². The standard InChI is InChI=1S/C21H28N2OS/c1-3-24-20-8-4-18(5-9-20)16-22-12-14-23(15-13-22)17-19-6-10-21(25-2)11-7-19/h4-11H,3,12-17H2,1-2H3/p+2. The van der Waals surface area contributed by atoms with Crippen LogP contribution in [0.4, 0.5) is 0 Å². The summed E-state index contributed by atoms with van der Waals surface area (Å²) in [5.41, 5.74) is 2.87. The van der Waals surface area contributed by atoms with Gasteiger partial charge in [-0.15, -0.1) is 11.8 Å². The van der Waals surface area contributed by atoms with E-state index < -0.39 is 0 Å². The molecule has 2 aromatic carbocycles.